The summed E-state index contributed by atoms with van der Waals surface area (Å²) in [4.78, 5) is 5.63. The largest absolute Gasteiger partial charge is 0.364 e. The van der Waals surface area contributed by atoms with Crippen molar-refractivity contribution in [1.29, 1.82) is 0 Å². The van der Waals surface area contributed by atoms with E-state index in [1.54, 1.807) is 0 Å². The molecule has 2 aromatic heterocycles. The smallest absolute Gasteiger partial charge is 0.176 e. The van der Waals surface area contributed by atoms with Crippen molar-refractivity contribution in [1.82, 2.24) is 15.0 Å². The molecule has 0 unspecified atom stereocenters. The van der Waals surface area contributed by atoms with Crippen molar-refractivity contribution < 1.29 is 13.3 Å². The van der Waals surface area contributed by atoms with Gasteiger partial charge in [-0.1, -0.05) is 17.3 Å². The summed E-state index contributed by atoms with van der Waals surface area (Å²) in [5.41, 5.74) is 2.54. The monoisotopic (exact) mass is 343 g/mol. The first kappa shape index (κ1) is 16.0. The summed E-state index contributed by atoms with van der Waals surface area (Å²) in [6.45, 7) is 2.14. The van der Waals surface area contributed by atoms with E-state index in [0.717, 1.165) is 43.3 Å². The molecule has 0 bridgehead atoms. The number of aromatic nitrogens is 2. The third-order valence-electron chi connectivity index (χ3n) is 4.94. The number of hydrogen-bond acceptors (Lipinski definition) is 3. The van der Waals surface area contributed by atoms with Crippen molar-refractivity contribution in [2.75, 3.05) is 20.1 Å². The highest BCUT2D eigenvalue weighted by molar-refractivity contribution is 5.79. The van der Waals surface area contributed by atoms with Gasteiger partial charge in [0.2, 0.25) is 0 Å². The van der Waals surface area contributed by atoms with Crippen molar-refractivity contribution in [3.63, 3.8) is 0 Å². The third-order valence-corrected chi connectivity index (χ3v) is 4.94. The number of benzene rings is 1. The Hall–Kier alpha value is -2.47. The highest BCUT2D eigenvalue weighted by atomic mass is 19.2. The molecule has 1 aliphatic heterocycles. The molecule has 1 fully saturated rings. The topological polar surface area (TPSA) is 45.1 Å². The Labute approximate surface area is 144 Å². The Bertz CT molecular complexity index is 878. The second kappa shape index (κ2) is 6.44. The van der Waals surface area contributed by atoms with E-state index in [2.05, 4.69) is 22.1 Å². The summed E-state index contributed by atoms with van der Waals surface area (Å²) >= 11 is 0. The average molecular weight is 343 g/mol. The van der Waals surface area contributed by atoms with Gasteiger partial charge in [-0.05, 0) is 45.1 Å². The van der Waals surface area contributed by atoms with Crippen molar-refractivity contribution in [2.24, 2.45) is 0 Å². The molecular weight excluding hydrogens is 324 g/mol. The van der Waals surface area contributed by atoms with Gasteiger partial charge in [0.05, 0.1) is 11.8 Å². The van der Waals surface area contributed by atoms with Crippen molar-refractivity contribution >= 4 is 0 Å². The number of likely N-dealkylation sites (tertiary alicyclic amines) is 1. The fourth-order valence-corrected chi connectivity index (χ4v) is 3.45. The highest BCUT2D eigenvalue weighted by Gasteiger charge is 2.22. The average Bonchev–Trinajstić information content (AvgIpc) is 3.27. The second-order valence-corrected chi connectivity index (χ2v) is 6.59. The van der Waals surface area contributed by atoms with Crippen LogP contribution in [0.4, 0.5) is 8.78 Å². The van der Waals surface area contributed by atoms with E-state index in [1.807, 2.05) is 12.3 Å². The lowest BCUT2D eigenvalue weighted by Crippen LogP contribution is -2.29. The molecule has 130 valence electrons. The Kier molecular flexibility index (Phi) is 4.13. The Morgan fingerprint density at radius 2 is 2.00 bits per heavy atom. The van der Waals surface area contributed by atoms with Crippen LogP contribution in [0.15, 0.2) is 41.2 Å². The zero-order chi connectivity index (χ0) is 17.4. The van der Waals surface area contributed by atoms with E-state index < -0.39 is 11.6 Å². The van der Waals surface area contributed by atoms with Gasteiger partial charge in [-0.3, -0.25) is 0 Å². The van der Waals surface area contributed by atoms with Crippen molar-refractivity contribution in [2.45, 2.75) is 18.8 Å². The van der Waals surface area contributed by atoms with Gasteiger partial charge in [-0.15, -0.1) is 0 Å². The predicted molar refractivity (Wildman–Crippen MR) is 91.1 cm³/mol. The Morgan fingerprint density at radius 1 is 1.20 bits per heavy atom. The molecular formula is C19H19F2N3O. The molecule has 3 heterocycles. The maximum atomic E-state index is 14.1. The Morgan fingerprint density at radius 3 is 2.80 bits per heavy atom. The van der Waals surface area contributed by atoms with E-state index in [0.29, 0.717) is 17.2 Å². The first-order valence-corrected chi connectivity index (χ1v) is 8.40. The van der Waals surface area contributed by atoms with E-state index in [9.17, 15) is 8.78 Å². The van der Waals surface area contributed by atoms with E-state index in [4.69, 9.17) is 4.52 Å². The molecule has 6 heteroatoms. The van der Waals surface area contributed by atoms with Crippen LogP contribution in [-0.2, 0) is 0 Å². The van der Waals surface area contributed by atoms with Gasteiger partial charge in [0.25, 0.3) is 0 Å². The van der Waals surface area contributed by atoms with Gasteiger partial charge in [0.15, 0.2) is 17.4 Å². The molecule has 0 radical (unpaired) electrons. The number of nitrogens with zero attached hydrogens (tertiary/aromatic N) is 2. The van der Waals surface area contributed by atoms with Gasteiger partial charge in [0, 0.05) is 28.9 Å². The Balaban J connectivity index is 1.66. The molecule has 0 saturated carbocycles. The fraction of sp³-hybridized carbons (Fsp3) is 0.316. The molecule has 0 spiro atoms. The van der Waals surface area contributed by atoms with E-state index in [-0.39, 0.29) is 5.56 Å². The number of nitrogens with one attached hydrogen (secondary N) is 1. The van der Waals surface area contributed by atoms with Crippen LogP contribution in [0.1, 0.15) is 24.5 Å². The quantitative estimate of drug-likeness (QED) is 0.765. The zero-order valence-electron chi connectivity index (χ0n) is 13.9. The zero-order valence-corrected chi connectivity index (χ0v) is 13.9. The molecule has 0 atom stereocenters. The molecule has 4 nitrogen and oxygen atoms in total. The van der Waals surface area contributed by atoms with Crippen molar-refractivity contribution in [3.8, 4) is 22.5 Å². The van der Waals surface area contributed by atoms with Crippen LogP contribution in [-0.4, -0.2) is 35.2 Å². The molecule has 3 aromatic rings. The molecule has 1 saturated heterocycles. The number of piperidine rings is 1. The van der Waals surface area contributed by atoms with Gasteiger partial charge in [0.1, 0.15) is 0 Å². The molecule has 25 heavy (non-hydrogen) atoms. The number of halogens is 2. The number of rotatable bonds is 3. The van der Waals surface area contributed by atoms with Crippen LogP contribution in [0.2, 0.25) is 0 Å². The van der Waals surface area contributed by atoms with Crippen molar-refractivity contribution in [3.05, 3.63) is 54.0 Å². The van der Waals surface area contributed by atoms with Crippen LogP contribution in [0, 0.1) is 11.6 Å². The summed E-state index contributed by atoms with van der Waals surface area (Å²) in [6, 6.07) is 6.13. The van der Waals surface area contributed by atoms with E-state index >= 15 is 0 Å². The van der Waals surface area contributed by atoms with E-state index in [1.165, 1.54) is 18.3 Å². The third kappa shape index (κ3) is 2.98. The lowest BCUT2D eigenvalue weighted by Gasteiger charge is -2.28. The second-order valence-electron chi connectivity index (χ2n) is 6.59. The van der Waals surface area contributed by atoms with Crippen LogP contribution in [0.3, 0.4) is 0 Å². The first-order chi connectivity index (χ1) is 12.1. The molecule has 0 amide bonds. The minimum atomic E-state index is -0.891. The van der Waals surface area contributed by atoms with Crippen LogP contribution in [0.5, 0.6) is 0 Å². The normalized spacial score (nSPS) is 16.4. The van der Waals surface area contributed by atoms with Gasteiger partial charge in [-0.25, -0.2) is 8.78 Å². The maximum Gasteiger partial charge on any atom is 0.176 e. The predicted octanol–water partition coefficient (Wildman–Crippen LogP) is 4.42. The summed E-state index contributed by atoms with van der Waals surface area (Å²) < 4.78 is 33.0. The molecule has 1 N–H and O–H groups in total. The SMILES string of the molecule is CN1CCC(c2cc(-c3oncc3-c3cccc(F)c3F)c[nH]2)CC1. The first-order valence-electron chi connectivity index (χ1n) is 8.40. The number of hydrogen-bond donors (Lipinski definition) is 1. The maximum absolute atomic E-state index is 14.1. The molecule has 1 aromatic carbocycles. The number of H-pyrrole nitrogens is 1. The molecule has 0 aliphatic carbocycles. The highest BCUT2D eigenvalue weighted by Crippen LogP contribution is 2.36. The van der Waals surface area contributed by atoms with Crippen LogP contribution >= 0.6 is 0 Å². The van der Waals surface area contributed by atoms with Crippen LogP contribution in [0.25, 0.3) is 22.5 Å². The molecule has 1 aliphatic rings. The summed E-state index contributed by atoms with van der Waals surface area (Å²) in [5.74, 6) is -0.856. The van der Waals surface area contributed by atoms with Gasteiger partial charge >= 0.3 is 0 Å². The van der Waals surface area contributed by atoms with Gasteiger partial charge in [-0.2, -0.15) is 0 Å². The minimum Gasteiger partial charge on any atom is -0.364 e. The minimum absolute atomic E-state index is 0.151. The summed E-state index contributed by atoms with van der Waals surface area (Å²) in [5, 5.41) is 3.79. The fourth-order valence-electron chi connectivity index (χ4n) is 3.45. The molecule has 4 rings (SSSR count). The standard InChI is InChI=1S/C19H19F2N3O/c1-24-7-5-12(6-8-24)17-9-13(10-22-17)19-15(11-23-25-19)14-3-2-4-16(20)18(14)21/h2-4,9-12,22H,5-8H2,1H3. The number of aromatic amines is 1. The summed E-state index contributed by atoms with van der Waals surface area (Å²) in [6.07, 6.45) is 5.46. The lowest BCUT2D eigenvalue weighted by molar-refractivity contribution is 0.253. The lowest BCUT2D eigenvalue weighted by atomic mass is 9.93. The van der Waals surface area contributed by atoms with Gasteiger partial charge < -0.3 is 14.4 Å². The van der Waals surface area contributed by atoms with Crippen LogP contribution < -0.4 is 0 Å². The summed E-state index contributed by atoms with van der Waals surface area (Å²) in [7, 11) is 2.13.